The second-order valence-corrected chi connectivity index (χ2v) is 5.90. The SMILES string of the molecule is NC(Cc1ccccc1)C(N)(c1ccccc1)c1ccccc1. The highest BCUT2D eigenvalue weighted by Gasteiger charge is 2.36. The van der Waals surface area contributed by atoms with Gasteiger partial charge in [-0.3, -0.25) is 0 Å². The molecule has 0 radical (unpaired) electrons. The summed E-state index contributed by atoms with van der Waals surface area (Å²) in [6.45, 7) is 0. The van der Waals surface area contributed by atoms with E-state index in [2.05, 4.69) is 36.4 Å². The van der Waals surface area contributed by atoms with Crippen LogP contribution in [0.25, 0.3) is 0 Å². The van der Waals surface area contributed by atoms with E-state index in [4.69, 9.17) is 11.5 Å². The normalized spacial score (nSPS) is 12.8. The molecule has 116 valence electrons. The van der Waals surface area contributed by atoms with Gasteiger partial charge in [-0.05, 0) is 23.1 Å². The molecule has 3 aromatic rings. The van der Waals surface area contributed by atoms with E-state index in [0.717, 1.165) is 17.5 Å². The topological polar surface area (TPSA) is 52.0 Å². The van der Waals surface area contributed by atoms with Crippen LogP contribution in [0.4, 0.5) is 0 Å². The van der Waals surface area contributed by atoms with Gasteiger partial charge >= 0.3 is 0 Å². The van der Waals surface area contributed by atoms with Crippen molar-refractivity contribution in [1.82, 2.24) is 0 Å². The predicted molar refractivity (Wildman–Crippen MR) is 96.0 cm³/mol. The van der Waals surface area contributed by atoms with Crippen LogP contribution in [0.15, 0.2) is 91.0 Å². The molecule has 0 amide bonds. The smallest absolute Gasteiger partial charge is 0.0822 e. The van der Waals surface area contributed by atoms with Crippen LogP contribution in [0.5, 0.6) is 0 Å². The van der Waals surface area contributed by atoms with Gasteiger partial charge in [0.15, 0.2) is 0 Å². The Labute approximate surface area is 137 Å². The minimum atomic E-state index is -0.724. The van der Waals surface area contributed by atoms with Crippen molar-refractivity contribution in [3.8, 4) is 0 Å². The van der Waals surface area contributed by atoms with Crippen LogP contribution < -0.4 is 11.5 Å². The Hall–Kier alpha value is -2.42. The summed E-state index contributed by atoms with van der Waals surface area (Å²) in [5.41, 5.74) is 16.1. The van der Waals surface area contributed by atoms with Crippen LogP contribution in [0.1, 0.15) is 16.7 Å². The first-order chi connectivity index (χ1) is 11.2. The molecule has 0 aliphatic rings. The molecule has 0 aliphatic carbocycles. The molecule has 0 fully saturated rings. The molecule has 23 heavy (non-hydrogen) atoms. The summed E-state index contributed by atoms with van der Waals surface area (Å²) < 4.78 is 0. The van der Waals surface area contributed by atoms with E-state index < -0.39 is 5.54 Å². The van der Waals surface area contributed by atoms with Gasteiger partial charge in [-0.1, -0.05) is 91.0 Å². The van der Waals surface area contributed by atoms with Gasteiger partial charge in [-0.15, -0.1) is 0 Å². The van der Waals surface area contributed by atoms with E-state index in [1.165, 1.54) is 5.56 Å². The fourth-order valence-corrected chi connectivity index (χ4v) is 3.05. The zero-order valence-corrected chi connectivity index (χ0v) is 13.1. The van der Waals surface area contributed by atoms with Crippen molar-refractivity contribution in [3.63, 3.8) is 0 Å². The van der Waals surface area contributed by atoms with Gasteiger partial charge in [0.2, 0.25) is 0 Å². The minimum Gasteiger partial charge on any atom is -0.325 e. The Morgan fingerprint density at radius 3 is 1.48 bits per heavy atom. The number of hydrogen-bond donors (Lipinski definition) is 2. The van der Waals surface area contributed by atoms with Gasteiger partial charge in [0, 0.05) is 6.04 Å². The van der Waals surface area contributed by atoms with Gasteiger partial charge in [0.1, 0.15) is 0 Å². The molecule has 0 bridgehead atoms. The van der Waals surface area contributed by atoms with E-state index in [1.54, 1.807) is 0 Å². The molecular formula is C21H22N2. The summed E-state index contributed by atoms with van der Waals surface area (Å²) in [4.78, 5) is 0. The lowest BCUT2D eigenvalue weighted by molar-refractivity contribution is 0.417. The van der Waals surface area contributed by atoms with Crippen molar-refractivity contribution >= 4 is 0 Å². The first-order valence-corrected chi connectivity index (χ1v) is 7.90. The predicted octanol–water partition coefficient (Wildman–Crippen LogP) is 3.46. The summed E-state index contributed by atoms with van der Waals surface area (Å²) in [5.74, 6) is 0. The molecule has 0 saturated heterocycles. The monoisotopic (exact) mass is 302 g/mol. The summed E-state index contributed by atoms with van der Waals surface area (Å²) in [6.07, 6.45) is 0.723. The largest absolute Gasteiger partial charge is 0.325 e. The number of benzene rings is 3. The molecule has 3 aromatic carbocycles. The van der Waals surface area contributed by atoms with Crippen molar-refractivity contribution in [3.05, 3.63) is 108 Å². The Bertz CT molecular complexity index is 684. The Kier molecular flexibility index (Phi) is 4.56. The van der Waals surface area contributed by atoms with E-state index in [9.17, 15) is 0 Å². The van der Waals surface area contributed by atoms with Crippen LogP contribution in [-0.2, 0) is 12.0 Å². The molecule has 0 aliphatic heterocycles. The summed E-state index contributed by atoms with van der Waals surface area (Å²) in [5, 5.41) is 0. The van der Waals surface area contributed by atoms with Crippen LogP contribution in [0.3, 0.4) is 0 Å². The molecule has 0 heterocycles. The second kappa shape index (κ2) is 6.78. The second-order valence-electron chi connectivity index (χ2n) is 5.90. The number of rotatable bonds is 5. The molecule has 3 rings (SSSR count). The highest BCUT2D eigenvalue weighted by molar-refractivity contribution is 5.40. The maximum atomic E-state index is 6.91. The molecule has 0 aromatic heterocycles. The highest BCUT2D eigenvalue weighted by Crippen LogP contribution is 2.31. The van der Waals surface area contributed by atoms with E-state index in [1.807, 2.05) is 54.6 Å². The van der Waals surface area contributed by atoms with E-state index in [0.29, 0.717) is 0 Å². The average molecular weight is 302 g/mol. The van der Waals surface area contributed by atoms with Crippen molar-refractivity contribution < 1.29 is 0 Å². The third kappa shape index (κ3) is 3.19. The first kappa shape index (κ1) is 15.5. The quantitative estimate of drug-likeness (QED) is 0.758. The molecule has 2 nitrogen and oxygen atoms in total. The van der Waals surface area contributed by atoms with Crippen LogP contribution in [0.2, 0.25) is 0 Å². The third-order valence-corrected chi connectivity index (χ3v) is 4.39. The van der Waals surface area contributed by atoms with Crippen LogP contribution >= 0.6 is 0 Å². The van der Waals surface area contributed by atoms with Crippen molar-refractivity contribution in [2.24, 2.45) is 11.5 Å². The Morgan fingerprint density at radius 2 is 1.04 bits per heavy atom. The fourth-order valence-electron chi connectivity index (χ4n) is 3.05. The molecule has 4 N–H and O–H groups in total. The van der Waals surface area contributed by atoms with Crippen LogP contribution in [-0.4, -0.2) is 6.04 Å². The lowest BCUT2D eigenvalue weighted by atomic mass is 9.76. The molecular weight excluding hydrogens is 280 g/mol. The van der Waals surface area contributed by atoms with E-state index >= 15 is 0 Å². The number of hydrogen-bond acceptors (Lipinski definition) is 2. The van der Waals surface area contributed by atoms with Crippen molar-refractivity contribution in [1.29, 1.82) is 0 Å². The summed E-state index contributed by atoms with van der Waals surface area (Å²) in [7, 11) is 0. The molecule has 2 heteroatoms. The first-order valence-electron chi connectivity index (χ1n) is 7.90. The van der Waals surface area contributed by atoms with Gasteiger partial charge in [0.25, 0.3) is 0 Å². The lowest BCUT2D eigenvalue weighted by Crippen LogP contribution is -2.54. The Morgan fingerprint density at radius 1 is 0.652 bits per heavy atom. The van der Waals surface area contributed by atoms with Gasteiger partial charge < -0.3 is 11.5 Å². The maximum Gasteiger partial charge on any atom is 0.0822 e. The van der Waals surface area contributed by atoms with E-state index in [-0.39, 0.29) is 6.04 Å². The maximum absolute atomic E-state index is 6.91. The zero-order chi connectivity index (χ0) is 16.1. The standard InChI is InChI=1S/C21H22N2/c22-20(16-17-10-4-1-5-11-17)21(23,18-12-6-2-7-13-18)19-14-8-3-9-15-19/h1-15,20H,16,22-23H2. The zero-order valence-electron chi connectivity index (χ0n) is 13.1. The summed E-state index contributed by atoms with van der Waals surface area (Å²) >= 11 is 0. The molecule has 1 atom stereocenters. The summed E-state index contributed by atoms with van der Waals surface area (Å²) in [6, 6.07) is 30.3. The third-order valence-electron chi connectivity index (χ3n) is 4.39. The fraction of sp³-hybridized carbons (Fsp3) is 0.143. The van der Waals surface area contributed by atoms with Crippen LogP contribution in [0, 0.1) is 0 Å². The Balaban J connectivity index is 2.02. The number of nitrogens with two attached hydrogens (primary N) is 2. The van der Waals surface area contributed by atoms with Gasteiger partial charge in [0.05, 0.1) is 5.54 Å². The van der Waals surface area contributed by atoms with Gasteiger partial charge in [-0.25, -0.2) is 0 Å². The minimum absolute atomic E-state index is 0.227. The lowest BCUT2D eigenvalue weighted by Gasteiger charge is -2.36. The molecule has 0 spiro atoms. The van der Waals surface area contributed by atoms with Gasteiger partial charge in [-0.2, -0.15) is 0 Å². The van der Waals surface area contributed by atoms with Crippen molar-refractivity contribution in [2.75, 3.05) is 0 Å². The molecule has 0 saturated carbocycles. The molecule has 1 unspecified atom stereocenters. The average Bonchev–Trinajstić information content (AvgIpc) is 2.63. The highest BCUT2D eigenvalue weighted by atomic mass is 14.9. The van der Waals surface area contributed by atoms with Crippen molar-refractivity contribution in [2.45, 2.75) is 18.0 Å².